The molecule has 5 atom stereocenters. The van der Waals surface area contributed by atoms with Crippen molar-refractivity contribution in [2.75, 3.05) is 6.54 Å². The van der Waals surface area contributed by atoms with Crippen molar-refractivity contribution in [2.45, 2.75) is 24.7 Å². The zero-order valence-electron chi connectivity index (χ0n) is 12.2. The number of likely N-dealkylation sites (tertiary alicyclic amines) is 1. The predicted molar refractivity (Wildman–Crippen MR) is 77.9 cm³/mol. The molecule has 1 spiro atoms. The van der Waals surface area contributed by atoms with Crippen molar-refractivity contribution in [3.63, 3.8) is 0 Å². The number of aliphatic carboxylic acids is 1. The van der Waals surface area contributed by atoms with E-state index in [0.717, 1.165) is 5.56 Å². The Morgan fingerprint density at radius 2 is 2.14 bits per heavy atom. The van der Waals surface area contributed by atoms with Gasteiger partial charge in [0.25, 0.3) is 0 Å². The third-order valence-corrected chi connectivity index (χ3v) is 5.16. The number of fused-ring (bicyclic) bond motifs is 1. The molecule has 3 heterocycles. The summed E-state index contributed by atoms with van der Waals surface area (Å²) in [5.74, 6) is -2.45. The van der Waals surface area contributed by atoms with Crippen molar-refractivity contribution < 1.29 is 19.4 Å². The van der Waals surface area contributed by atoms with E-state index < -0.39 is 29.5 Å². The summed E-state index contributed by atoms with van der Waals surface area (Å²) in [6.07, 6.45) is 3.21. The molecule has 3 aliphatic rings. The fourth-order valence-electron chi connectivity index (χ4n) is 4.05. The van der Waals surface area contributed by atoms with Crippen molar-refractivity contribution in [1.82, 2.24) is 4.90 Å². The zero-order valence-corrected chi connectivity index (χ0v) is 12.2. The lowest BCUT2D eigenvalue weighted by molar-refractivity contribution is -0.148. The summed E-state index contributed by atoms with van der Waals surface area (Å²) in [4.78, 5) is 26.1. The van der Waals surface area contributed by atoms with Crippen LogP contribution in [0.4, 0.5) is 0 Å². The Morgan fingerprint density at radius 1 is 1.41 bits per heavy atom. The number of rotatable bonds is 3. The van der Waals surface area contributed by atoms with Crippen LogP contribution in [0.2, 0.25) is 0 Å². The van der Waals surface area contributed by atoms with Crippen molar-refractivity contribution in [3.8, 4) is 0 Å². The van der Waals surface area contributed by atoms with E-state index in [1.54, 1.807) is 11.0 Å². The van der Waals surface area contributed by atoms with Gasteiger partial charge < -0.3 is 14.7 Å². The normalized spacial score (nSPS) is 36.7. The highest BCUT2D eigenvalue weighted by Gasteiger charge is 2.67. The first-order valence-electron chi connectivity index (χ1n) is 7.49. The number of hydrogen-bond donors (Lipinski definition) is 1. The van der Waals surface area contributed by atoms with E-state index in [-0.39, 0.29) is 11.9 Å². The van der Waals surface area contributed by atoms with Crippen molar-refractivity contribution in [3.05, 3.63) is 48.0 Å². The molecule has 114 valence electrons. The maximum atomic E-state index is 12.8. The van der Waals surface area contributed by atoms with Gasteiger partial charge in [-0.15, -0.1) is 0 Å². The van der Waals surface area contributed by atoms with E-state index in [9.17, 15) is 14.7 Å². The summed E-state index contributed by atoms with van der Waals surface area (Å²) in [6, 6.07) is 9.67. The van der Waals surface area contributed by atoms with E-state index in [2.05, 4.69) is 0 Å². The molecule has 4 rings (SSSR count). The first-order valence-corrected chi connectivity index (χ1v) is 7.49. The number of carboxylic acid groups (broad SMARTS) is 1. The molecule has 2 fully saturated rings. The van der Waals surface area contributed by atoms with Crippen LogP contribution in [-0.2, 0) is 14.3 Å². The Balaban J connectivity index is 1.68. The summed E-state index contributed by atoms with van der Waals surface area (Å²) in [6.45, 7) is 2.39. The molecule has 5 nitrogen and oxygen atoms in total. The molecule has 1 aromatic carbocycles. The Labute approximate surface area is 128 Å². The molecule has 0 aliphatic carbocycles. The van der Waals surface area contributed by atoms with E-state index in [4.69, 9.17) is 4.74 Å². The van der Waals surface area contributed by atoms with Gasteiger partial charge in [-0.2, -0.15) is 0 Å². The van der Waals surface area contributed by atoms with Crippen LogP contribution in [-0.4, -0.2) is 40.1 Å². The molecule has 0 aromatic heterocycles. The van der Waals surface area contributed by atoms with Gasteiger partial charge >= 0.3 is 5.97 Å². The van der Waals surface area contributed by atoms with E-state index in [1.807, 2.05) is 43.3 Å². The quantitative estimate of drug-likeness (QED) is 0.861. The zero-order chi connectivity index (χ0) is 15.5. The van der Waals surface area contributed by atoms with Crippen LogP contribution in [0.5, 0.6) is 0 Å². The molecule has 2 bridgehead atoms. The summed E-state index contributed by atoms with van der Waals surface area (Å²) < 4.78 is 5.89. The number of carbonyl (C=O) groups is 2. The molecule has 2 saturated heterocycles. The van der Waals surface area contributed by atoms with Gasteiger partial charge in [0, 0.05) is 0 Å². The number of ether oxygens (including phenoxy) is 1. The van der Waals surface area contributed by atoms with Crippen LogP contribution in [0.15, 0.2) is 42.5 Å². The van der Waals surface area contributed by atoms with Crippen molar-refractivity contribution in [1.29, 1.82) is 0 Å². The third kappa shape index (κ3) is 1.63. The van der Waals surface area contributed by atoms with E-state index in [0.29, 0.717) is 6.54 Å². The third-order valence-electron chi connectivity index (χ3n) is 5.16. The molecule has 0 unspecified atom stereocenters. The largest absolute Gasteiger partial charge is 0.481 e. The van der Waals surface area contributed by atoms with Gasteiger partial charge in [-0.25, -0.2) is 0 Å². The van der Waals surface area contributed by atoms with Crippen LogP contribution in [0.25, 0.3) is 0 Å². The number of carbonyl (C=O) groups excluding carboxylic acids is 1. The van der Waals surface area contributed by atoms with E-state index in [1.165, 1.54) is 0 Å². The molecule has 1 aromatic rings. The van der Waals surface area contributed by atoms with Gasteiger partial charge in [0.1, 0.15) is 11.5 Å². The van der Waals surface area contributed by atoms with Crippen LogP contribution in [0.3, 0.4) is 0 Å². The maximum Gasteiger partial charge on any atom is 0.310 e. The monoisotopic (exact) mass is 299 g/mol. The van der Waals surface area contributed by atoms with Crippen molar-refractivity contribution >= 4 is 11.9 Å². The lowest BCUT2D eigenvalue weighted by Crippen LogP contribution is -2.39. The molecule has 22 heavy (non-hydrogen) atoms. The molecule has 3 aliphatic heterocycles. The second-order valence-electron chi connectivity index (χ2n) is 6.29. The second kappa shape index (κ2) is 4.43. The minimum Gasteiger partial charge on any atom is -0.481 e. The molecule has 1 amide bonds. The molecule has 1 N–H and O–H groups in total. The van der Waals surface area contributed by atoms with Crippen LogP contribution < -0.4 is 0 Å². The Hall–Kier alpha value is -2.14. The van der Waals surface area contributed by atoms with Gasteiger partial charge in [0.15, 0.2) is 0 Å². The minimum absolute atomic E-state index is 0.0980. The average molecular weight is 299 g/mol. The van der Waals surface area contributed by atoms with Crippen molar-refractivity contribution in [2.24, 2.45) is 11.8 Å². The first-order chi connectivity index (χ1) is 10.5. The fourth-order valence-corrected chi connectivity index (χ4v) is 4.05. The molecule has 0 radical (unpaired) electrons. The fraction of sp³-hybridized carbons (Fsp3) is 0.412. The molecule has 5 heteroatoms. The van der Waals surface area contributed by atoms with Crippen LogP contribution >= 0.6 is 0 Å². The smallest absolute Gasteiger partial charge is 0.310 e. The summed E-state index contributed by atoms with van der Waals surface area (Å²) in [5.41, 5.74) is 0.283. The topological polar surface area (TPSA) is 66.8 Å². The second-order valence-corrected chi connectivity index (χ2v) is 6.29. The number of amides is 1. The lowest BCUT2D eigenvalue weighted by atomic mass is 9.77. The summed E-state index contributed by atoms with van der Waals surface area (Å²) >= 11 is 0. The van der Waals surface area contributed by atoms with Gasteiger partial charge in [-0.3, -0.25) is 9.59 Å². The number of carboxylic acids is 1. The molecular weight excluding hydrogens is 282 g/mol. The summed E-state index contributed by atoms with van der Waals surface area (Å²) in [7, 11) is 0. The van der Waals surface area contributed by atoms with Crippen LogP contribution in [0.1, 0.15) is 18.5 Å². The van der Waals surface area contributed by atoms with Gasteiger partial charge in [-0.05, 0) is 12.5 Å². The Morgan fingerprint density at radius 3 is 2.82 bits per heavy atom. The maximum absolute atomic E-state index is 12.8. The average Bonchev–Trinajstić information content (AvgIpc) is 3.15. The van der Waals surface area contributed by atoms with E-state index >= 15 is 0 Å². The Bertz CT molecular complexity index is 670. The minimum atomic E-state index is -0.955. The van der Waals surface area contributed by atoms with Crippen LogP contribution in [0, 0.1) is 11.8 Å². The highest BCUT2D eigenvalue weighted by Crippen LogP contribution is 2.53. The first kappa shape index (κ1) is 13.5. The number of hydrogen-bond acceptors (Lipinski definition) is 3. The van der Waals surface area contributed by atoms with Gasteiger partial charge in [0.05, 0.1) is 24.6 Å². The Kier molecular flexibility index (Phi) is 2.72. The highest BCUT2D eigenvalue weighted by molar-refractivity contribution is 5.91. The molecule has 0 saturated carbocycles. The predicted octanol–water partition coefficient (Wildman–Crippen LogP) is 1.61. The van der Waals surface area contributed by atoms with Gasteiger partial charge in [-0.1, -0.05) is 42.5 Å². The SMILES string of the molecule is C[C@H](c1ccccc1)N1C[C@@]23C=C[C@H](O2)[C@H](C(=O)O)[C@H]3C1=O. The number of nitrogens with zero attached hydrogens (tertiary/aromatic N) is 1. The standard InChI is InChI=1S/C17H17NO4/c1-10(11-5-3-2-4-6-11)18-9-17-8-7-12(22-17)13(16(20)21)14(17)15(18)19/h2-8,10,12-14H,9H2,1H3,(H,20,21)/t10-,12+,13+,14+,17-/m1/s1. The molecular formula is C17H17NO4. The van der Waals surface area contributed by atoms with Gasteiger partial charge in [0.2, 0.25) is 5.91 Å². The summed E-state index contributed by atoms with van der Waals surface area (Å²) in [5, 5.41) is 9.45. The number of benzene rings is 1. The lowest BCUT2D eigenvalue weighted by Gasteiger charge is -2.27. The highest BCUT2D eigenvalue weighted by atomic mass is 16.5.